The fourth-order valence-electron chi connectivity index (χ4n) is 3.04. The quantitative estimate of drug-likeness (QED) is 0.773. The van der Waals surface area contributed by atoms with Crippen molar-refractivity contribution in [3.63, 3.8) is 0 Å². The molecule has 1 amide bonds. The van der Waals surface area contributed by atoms with E-state index in [-0.39, 0.29) is 5.91 Å². The number of nitrogens with zero attached hydrogens (tertiary/aromatic N) is 1. The summed E-state index contributed by atoms with van der Waals surface area (Å²) >= 11 is 0. The zero-order valence-corrected chi connectivity index (χ0v) is 11.5. The molecule has 0 saturated heterocycles. The normalized spacial score (nSPS) is 19.8. The molecule has 0 atom stereocenters. The monoisotopic (exact) mass is 261 g/mol. The Labute approximate surface area is 114 Å². The lowest BCUT2D eigenvalue weighted by Gasteiger charge is -2.08. The molecule has 4 nitrogen and oxygen atoms in total. The first kappa shape index (κ1) is 12.7. The molecule has 4 heteroatoms. The largest absolute Gasteiger partial charge is 0.351 e. The lowest BCUT2D eigenvalue weighted by Crippen LogP contribution is -2.25. The molecular formula is C15H23N3O. The van der Waals surface area contributed by atoms with Gasteiger partial charge in [0, 0.05) is 18.2 Å². The molecule has 2 fully saturated rings. The SMILES string of the molecule is O=C(NCCCC1CCCC1)c1cc(C2CC2)[nH]n1. The van der Waals surface area contributed by atoms with Crippen molar-refractivity contribution in [2.24, 2.45) is 5.92 Å². The fraction of sp³-hybridized carbons (Fsp3) is 0.733. The van der Waals surface area contributed by atoms with Crippen LogP contribution < -0.4 is 5.32 Å². The highest BCUT2D eigenvalue weighted by molar-refractivity contribution is 5.92. The van der Waals surface area contributed by atoms with Crippen molar-refractivity contribution >= 4 is 5.91 Å². The molecule has 19 heavy (non-hydrogen) atoms. The predicted octanol–water partition coefficient (Wildman–Crippen LogP) is 2.99. The van der Waals surface area contributed by atoms with Crippen LogP contribution in [0.25, 0.3) is 0 Å². The molecule has 1 aromatic rings. The Morgan fingerprint density at radius 2 is 2.11 bits per heavy atom. The van der Waals surface area contributed by atoms with Gasteiger partial charge in [-0.1, -0.05) is 25.7 Å². The first-order valence-corrected chi connectivity index (χ1v) is 7.66. The zero-order valence-electron chi connectivity index (χ0n) is 11.5. The number of amides is 1. The Hall–Kier alpha value is -1.32. The first-order valence-electron chi connectivity index (χ1n) is 7.66. The summed E-state index contributed by atoms with van der Waals surface area (Å²) in [6, 6.07) is 1.91. The third-order valence-electron chi connectivity index (χ3n) is 4.40. The smallest absolute Gasteiger partial charge is 0.271 e. The van der Waals surface area contributed by atoms with Crippen molar-refractivity contribution in [3.8, 4) is 0 Å². The average molecular weight is 261 g/mol. The standard InChI is InChI=1S/C15H23N3O/c19-15(14-10-13(17-18-14)12-7-8-12)16-9-3-6-11-4-1-2-5-11/h10-12H,1-9H2,(H,16,19)(H,17,18). The highest BCUT2D eigenvalue weighted by Gasteiger charge is 2.26. The molecule has 1 heterocycles. The van der Waals surface area contributed by atoms with Crippen LogP contribution in [0.2, 0.25) is 0 Å². The van der Waals surface area contributed by atoms with E-state index < -0.39 is 0 Å². The van der Waals surface area contributed by atoms with Crippen LogP contribution >= 0.6 is 0 Å². The average Bonchev–Trinajstić information content (AvgIpc) is 2.95. The number of H-pyrrole nitrogens is 1. The van der Waals surface area contributed by atoms with Gasteiger partial charge in [-0.2, -0.15) is 5.10 Å². The molecule has 1 aromatic heterocycles. The van der Waals surface area contributed by atoms with E-state index in [0.717, 1.165) is 24.6 Å². The van der Waals surface area contributed by atoms with E-state index in [9.17, 15) is 4.79 Å². The summed E-state index contributed by atoms with van der Waals surface area (Å²) in [5.41, 5.74) is 1.67. The van der Waals surface area contributed by atoms with Gasteiger partial charge in [0.2, 0.25) is 0 Å². The summed E-state index contributed by atoms with van der Waals surface area (Å²) in [5.74, 6) is 1.50. The first-order chi connectivity index (χ1) is 9.33. The van der Waals surface area contributed by atoms with Gasteiger partial charge in [-0.15, -0.1) is 0 Å². The van der Waals surface area contributed by atoms with E-state index in [1.807, 2.05) is 6.07 Å². The number of aromatic nitrogens is 2. The van der Waals surface area contributed by atoms with Gasteiger partial charge in [0.25, 0.3) is 5.91 Å². The second kappa shape index (κ2) is 5.76. The van der Waals surface area contributed by atoms with Crippen molar-refractivity contribution in [3.05, 3.63) is 17.5 Å². The van der Waals surface area contributed by atoms with E-state index in [0.29, 0.717) is 11.6 Å². The van der Waals surface area contributed by atoms with Gasteiger partial charge in [0.1, 0.15) is 5.69 Å². The van der Waals surface area contributed by atoms with Crippen LogP contribution in [-0.4, -0.2) is 22.6 Å². The number of hydrogen-bond donors (Lipinski definition) is 2. The Kier molecular flexibility index (Phi) is 3.85. The van der Waals surface area contributed by atoms with Crippen molar-refractivity contribution < 1.29 is 4.79 Å². The van der Waals surface area contributed by atoms with Gasteiger partial charge in [-0.25, -0.2) is 0 Å². The molecule has 0 radical (unpaired) electrons. The lowest BCUT2D eigenvalue weighted by molar-refractivity contribution is 0.0947. The van der Waals surface area contributed by atoms with Gasteiger partial charge in [0.05, 0.1) is 0 Å². The molecule has 0 aromatic carbocycles. The lowest BCUT2D eigenvalue weighted by atomic mass is 10.0. The second-order valence-electron chi connectivity index (χ2n) is 6.03. The molecule has 0 bridgehead atoms. The number of hydrogen-bond acceptors (Lipinski definition) is 2. The minimum absolute atomic E-state index is 0.0328. The molecule has 2 N–H and O–H groups in total. The molecule has 104 valence electrons. The molecule has 2 aliphatic rings. The van der Waals surface area contributed by atoms with Crippen LogP contribution in [0.5, 0.6) is 0 Å². The summed E-state index contributed by atoms with van der Waals surface area (Å²) in [4.78, 5) is 11.9. The van der Waals surface area contributed by atoms with Gasteiger partial charge >= 0.3 is 0 Å². The van der Waals surface area contributed by atoms with Crippen molar-refractivity contribution in [1.29, 1.82) is 0 Å². The second-order valence-corrected chi connectivity index (χ2v) is 6.03. The van der Waals surface area contributed by atoms with Crippen LogP contribution in [0.3, 0.4) is 0 Å². The molecule has 2 saturated carbocycles. The van der Waals surface area contributed by atoms with Crippen LogP contribution in [0.4, 0.5) is 0 Å². The summed E-state index contributed by atoms with van der Waals surface area (Å²) in [7, 11) is 0. The molecule has 3 rings (SSSR count). The topological polar surface area (TPSA) is 57.8 Å². The number of carbonyl (C=O) groups excluding carboxylic acids is 1. The van der Waals surface area contributed by atoms with Gasteiger partial charge in [0.15, 0.2) is 0 Å². The van der Waals surface area contributed by atoms with Crippen LogP contribution in [-0.2, 0) is 0 Å². The van der Waals surface area contributed by atoms with E-state index in [1.54, 1.807) is 0 Å². The Morgan fingerprint density at radius 3 is 2.84 bits per heavy atom. The summed E-state index contributed by atoms with van der Waals surface area (Å²) in [5, 5.41) is 10.0. The minimum Gasteiger partial charge on any atom is -0.351 e. The number of nitrogens with one attached hydrogen (secondary N) is 2. The minimum atomic E-state index is -0.0328. The maximum Gasteiger partial charge on any atom is 0.271 e. The molecule has 0 unspecified atom stereocenters. The van der Waals surface area contributed by atoms with E-state index in [1.165, 1.54) is 44.9 Å². The van der Waals surface area contributed by atoms with Gasteiger partial charge in [-0.05, 0) is 37.7 Å². The maximum atomic E-state index is 11.9. The Bertz CT molecular complexity index is 430. The Morgan fingerprint density at radius 1 is 1.32 bits per heavy atom. The summed E-state index contributed by atoms with van der Waals surface area (Å²) < 4.78 is 0. The van der Waals surface area contributed by atoms with Crippen molar-refractivity contribution in [2.75, 3.05) is 6.54 Å². The maximum absolute atomic E-state index is 11.9. The summed E-state index contributed by atoms with van der Waals surface area (Å²) in [6.07, 6.45) is 10.4. The molecular weight excluding hydrogens is 238 g/mol. The van der Waals surface area contributed by atoms with E-state index >= 15 is 0 Å². The van der Waals surface area contributed by atoms with Gasteiger partial charge in [-0.3, -0.25) is 9.89 Å². The van der Waals surface area contributed by atoms with Crippen molar-refractivity contribution in [2.45, 2.75) is 57.3 Å². The fourth-order valence-corrected chi connectivity index (χ4v) is 3.04. The molecule has 2 aliphatic carbocycles. The van der Waals surface area contributed by atoms with Crippen molar-refractivity contribution in [1.82, 2.24) is 15.5 Å². The number of aromatic amines is 1. The molecule has 0 aliphatic heterocycles. The third-order valence-corrected chi connectivity index (χ3v) is 4.40. The predicted molar refractivity (Wildman–Crippen MR) is 74.1 cm³/mol. The third kappa shape index (κ3) is 3.37. The van der Waals surface area contributed by atoms with E-state index in [4.69, 9.17) is 0 Å². The zero-order chi connectivity index (χ0) is 13.1. The van der Waals surface area contributed by atoms with Crippen LogP contribution in [0.1, 0.15) is 73.5 Å². The highest BCUT2D eigenvalue weighted by Crippen LogP contribution is 2.38. The number of carbonyl (C=O) groups is 1. The number of rotatable bonds is 6. The molecule has 0 spiro atoms. The highest BCUT2D eigenvalue weighted by atomic mass is 16.1. The van der Waals surface area contributed by atoms with Crippen LogP contribution in [0.15, 0.2) is 6.07 Å². The van der Waals surface area contributed by atoms with Gasteiger partial charge < -0.3 is 5.32 Å². The van der Waals surface area contributed by atoms with Crippen LogP contribution in [0, 0.1) is 5.92 Å². The summed E-state index contributed by atoms with van der Waals surface area (Å²) in [6.45, 7) is 0.779. The van der Waals surface area contributed by atoms with E-state index in [2.05, 4.69) is 15.5 Å². The Balaban J connectivity index is 1.37.